The van der Waals surface area contributed by atoms with E-state index in [2.05, 4.69) is 6.92 Å². The van der Waals surface area contributed by atoms with Crippen LogP contribution in [0, 0.1) is 5.41 Å². The highest BCUT2D eigenvalue weighted by atomic mass is 16.5. The first kappa shape index (κ1) is 12.0. The molecule has 92 valence electrons. The fourth-order valence-corrected chi connectivity index (χ4v) is 2.57. The van der Waals surface area contributed by atoms with Crippen molar-refractivity contribution in [2.75, 3.05) is 19.8 Å². The lowest BCUT2D eigenvalue weighted by Gasteiger charge is -2.41. The van der Waals surface area contributed by atoms with E-state index in [9.17, 15) is 0 Å². The van der Waals surface area contributed by atoms with Crippen LogP contribution in [0.25, 0.3) is 0 Å². The summed E-state index contributed by atoms with van der Waals surface area (Å²) in [7, 11) is 0. The summed E-state index contributed by atoms with van der Waals surface area (Å²) in [4.78, 5) is 0. The van der Waals surface area contributed by atoms with Crippen LogP contribution in [-0.2, 0) is 9.47 Å². The standard InChI is InChI=1S/C14H24O2/c1-2-14(11-16-12-14)8-5-9-15-10-13-6-3-4-7-13/h10H,2-9,11-12H2,1H3. The average molecular weight is 224 g/mol. The number of ether oxygens (including phenoxy) is 2. The lowest BCUT2D eigenvalue weighted by atomic mass is 9.79. The first-order valence-electron chi connectivity index (χ1n) is 6.72. The fourth-order valence-electron chi connectivity index (χ4n) is 2.57. The number of rotatable bonds is 6. The molecule has 16 heavy (non-hydrogen) atoms. The molecule has 1 heterocycles. The van der Waals surface area contributed by atoms with Crippen molar-refractivity contribution in [2.24, 2.45) is 5.41 Å². The van der Waals surface area contributed by atoms with Crippen LogP contribution in [0.4, 0.5) is 0 Å². The summed E-state index contributed by atoms with van der Waals surface area (Å²) in [5, 5.41) is 0. The Kier molecular flexibility index (Phi) is 4.28. The van der Waals surface area contributed by atoms with E-state index in [-0.39, 0.29) is 0 Å². The maximum absolute atomic E-state index is 5.62. The number of allylic oxidation sites excluding steroid dienone is 1. The van der Waals surface area contributed by atoms with Gasteiger partial charge in [-0.25, -0.2) is 0 Å². The van der Waals surface area contributed by atoms with Gasteiger partial charge in [0, 0.05) is 5.41 Å². The number of hydrogen-bond donors (Lipinski definition) is 0. The quantitative estimate of drug-likeness (QED) is 0.506. The topological polar surface area (TPSA) is 18.5 Å². The van der Waals surface area contributed by atoms with Crippen molar-refractivity contribution in [2.45, 2.75) is 51.9 Å². The largest absolute Gasteiger partial charge is 0.501 e. The molecule has 2 nitrogen and oxygen atoms in total. The maximum atomic E-state index is 5.62. The minimum absolute atomic E-state index is 0.490. The molecule has 0 unspecified atom stereocenters. The molecule has 1 saturated carbocycles. The second-order valence-electron chi connectivity index (χ2n) is 5.30. The van der Waals surface area contributed by atoms with Gasteiger partial charge >= 0.3 is 0 Å². The second-order valence-corrected chi connectivity index (χ2v) is 5.30. The summed E-state index contributed by atoms with van der Waals surface area (Å²) in [6.07, 6.45) is 10.9. The highest BCUT2D eigenvalue weighted by Gasteiger charge is 2.35. The first-order valence-corrected chi connectivity index (χ1v) is 6.72. The monoisotopic (exact) mass is 224 g/mol. The Morgan fingerprint density at radius 2 is 2.06 bits per heavy atom. The van der Waals surface area contributed by atoms with E-state index < -0.39 is 0 Å². The molecule has 2 rings (SSSR count). The van der Waals surface area contributed by atoms with Gasteiger partial charge in [0.25, 0.3) is 0 Å². The fraction of sp³-hybridized carbons (Fsp3) is 0.857. The maximum Gasteiger partial charge on any atom is 0.0873 e. The third-order valence-corrected chi connectivity index (χ3v) is 4.03. The van der Waals surface area contributed by atoms with Crippen molar-refractivity contribution in [3.8, 4) is 0 Å². The normalized spacial score (nSPS) is 22.9. The van der Waals surface area contributed by atoms with Crippen molar-refractivity contribution >= 4 is 0 Å². The molecule has 0 amide bonds. The molecular formula is C14H24O2. The van der Waals surface area contributed by atoms with Crippen LogP contribution >= 0.6 is 0 Å². The van der Waals surface area contributed by atoms with Crippen LogP contribution in [0.1, 0.15) is 51.9 Å². The molecule has 2 heteroatoms. The van der Waals surface area contributed by atoms with E-state index in [1.165, 1.54) is 50.5 Å². The molecule has 0 aromatic carbocycles. The predicted octanol–water partition coefficient (Wildman–Crippen LogP) is 3.67. The zero-order chi connectivity index (χ0) is 11.3. The minimum Gasteiger partial charge on any atom is -0.501 e. The van der Waals surface area contributed by atoms with Crippen LogP contribution < -0.4 is 0 Å². The number of hydrogen-bond acceptors (Lipinski definition) is 2. The molecule has 1 aliphatic carbocycles. The van der Waals surface area contributed by atoms with Gasteiger partial charge in [0.1, 0.15) is 0 Å². The molecule has 1 saturated heterocycles. The summed E-state index contributed by atoms with van der Waals surface area (Å²) < 4.78 is 10.9. The van der Waals surface area contributed by atoms with E-state index in [1.807, 2.05) is 6.26 Å². The Bertz CT molecular complexity index is 228. The minimum atomic E-state index is 0.490. The second kappa shape index (κ2) is 5.72. The Hall–Kier alpha value is -0.500. The average Bonchev–Trinajstić information content (AvgIpc) is 2.74. The third-order valence-electron chi connectivity index (χ3n) is 4.03. The molecule has 1 aliphatic heterocycles. The van der Waals surface area contributed by atoms with E-state index >= 15 is 0 Å². The van der Waals surface area contributed by atoms with Crippen LogP contribution in [0.3, 0.4) is 0 Å². The highest BCUT2D eigenvalue weighted by molar-refractivity contribution is 5.02. The summed E-state index contributed by atoms with van der Waals surface area (Å²) in [6.45, 7) is 5.07. The Morgan fingerprint density at radius 3 is 2.62 bits per heavy atom. The Balaban J connectivity index is 1.56. The van der Waals surface area contributed by atoms with Gasteiger partial charge in [0.05, 0.1) is 26.1 Å². The van der Waals surface area contributed by atoms with Crippen molar-refractivity contribution in [3.05, 3.63) is 11.8 Å². The predicted molar refractivity (Wildman–Crippen MR) is 65.3 cm³/mol. The van der Waals surface area contributed by atoms with E-state index in [4.69, 9.17) is 9.47 Å². The van der Waals surface area contributed by atoms with E-state index in [0.717, 1.165) is 19.8 Å². The summed E-state index contributed by atoms with van der Waals surface area (Å²) in [5.41, 5.74) is 2.00. The van der Waals surface area contributed by atoms with Crippen molar-refractivity contribution < 1.29 is 9.47 Å². The van der Waals surface area contributed by atoms with Crippen molar-refractivity contribution in [1.29, 1.82) is 0 Å². The SMILES string of the molecule is CCC1(CCCOC=C2CCCC2)COC1. The van der Waals surface area contributed by atoms with Crippen LogP contribution in [0.15, 0.2) is 11.8 Å². The van der Waals surface area contributed by atoms with Crippen molar-refractivity contribution in [1.82, 2.24) is 0 Å². The van der Waals surface area contributed by atoms with Crippen LogP contribution in [0.5, 0.6) is 0 Å². The van der Waals surface area contributed by atoms with Gasteiger partial charge in [0.2, 0.25) is 0 Å². The summed E-state index contributed by atoms with van der Waals surface area (Å²) in [5.74, 6) is 0. The van der Waals surface area contributed by atoms with Crippen LogP contribution in [0.2, 0.25) is 0 Å². The molecule has 0 bridgehead atoms. The molecule has 0 spiro atoms. The molecular weight excluding hydrogens is 200 g/mol. The smallest absolute Gasteiger partial charge is 0.0873 e. The molecule has 0 radical (unpaired) electrons. The molecule has 0 aromatic heterocycles. The van der Waals surface area contributed by atoms with Crippen LogP contribution in [-0.4, -0.2) is 19.8 Å². The third kappa shape index (κ3) is 3.00. The van der Waals surface area contributed by atoms with Gasteiger partial charge in [-0.3, -0.25) is 0 Å². The van der Waals surface area contributed by atoms with Gasteiger partial charge in [-0.05, 0) is 50.5 Å². The van der Waals surface area contributed by atoms with Gasteiger partial charge in [-0.15, -0.1) is 0 Å². The molecule has 2 fully saturated rings. The zero-order valence-corrected chi connectivity index (χ0v) is 10.5. The molecule has 2 aliphatic rings. The molecule has 0 aromatic rings. The molecule has 0 N–H and O–H groups in total. The van der Waals surface area contributed by atoms with Gasteiger partial charge < -0.3 is 9.47 Å². The lowest BCUT2D eigenvalue weighted by molar-refractivity contribution is -0.121. The summed E-state index contributed by atoms with van der Waals surface area (Å²) in [6, 6.07) is 0. The van der Waals surface area contributed by atoms with Gasteiger partial charge in [0.15, 0.2) is 0 Å². The van der Waals surface area contributed by atoms with Gasteiger partial charge in [-0.2, -0.15) is 0 Å². The molecule has 0 atom stereocenters. The Morgan fingerprint density at radius 1 is 1.31 bits per heavy atom. The van der Waals surface area contributed by atoms with Gasteiger partial charge in [-0.1, -0.05) is 6.92 Å². The lowest BCUT2D eigenvalue weighted by Crippen LogP contribution is -2.42. The summed E-state index contributed by atoms with van der Waals surface area (Å²) >= 11 is 0. The Labute approximate surface area is 99.0 Å². The zero-order valence-electron chi connectivity index (χ0n) is 10.5. The highest BCUT2D eigenvalue weighted by Crippen LogP contribution is 2.35. The van der Waals surface area contributed by atoms with Crippen molar-refractivity contribution in [3.63, 3.8) is 0 Å². The van der Waals surface area contributed by atoms with E-state index in [0.29, 0.717) is 5.41 Å². The first-order chi connectivity index (χ1) is 7.85. The van der Waals surface area contributed by atoms with E-state index in [1.54, 1.807) is 0 Å².